The number of anilines is 1. The number of nitrogens with zero attached hydrogens (tertiary/aromatic N) is 1. The number of ether oxygens (including phenoxy) is 1. The molecule has 0 fully saturated rings. The second kappa shape index (κ2) is 4.28. The summed E-state index contributed by atoms with van der Waals surface area (Å²) in [5.41, 5.74) is 7.11. The van der Waals surface area contributed by atoms with Crippen LogP contribution in [-0.2, 0) is 4.74 Å². The molecule has 1 unspecified atom stereocenters. The van der Waals surface area contributed by atoms with Gasteiger partial charge in [-0.2, -0.15) is 0 Å². The Morgan fingerprint density at radius 3 is 2.79 bits per heavy atom. The van der Waals surface area contributed by atoms with Crippen molar-refractivity contribution >= 4 is 5.69 Å². The van der Waals surface area contributed by atoms with E-state index in [-0.39, 0.29) is 11.6 Å². The summed E-state index contributed by atoms with van der Waals surface area (Å²) in [5.74, 6) is 0. The predicted molar refractivity (Wildman–Crippen MR) is 56.4 cm³/mol. The Morgan fingerprint density at radius 1 is 1.57 bits per heavy atom. The lowest BCUT2D eigenvalue weighted by atomic mass is 10.2. The zero-order valence-corrected chi connectivity index (χ0v) is 8.78. The normalized spacial score (nSPS) is 12.8. The average Bonchev–Trinajstić information content (AvgIpc) is 2.13. The molecule has 0 radical (unpaired) electrons. The summed E-state index contributed by atoms with van der Waals surface area (Å²) in [4.78, 5) is 11.6. The van der Waals surface area contributed by atoms with Crippen LogP contribution in [-0.4, -0.2) is 18.3 Å². The van der Waals surface area contributed by atoms with Gasteiger partial charge in [0, 0.05) is 18.9 Å². The molecule has 2 N–H and O–H groups in total. The van der Waals surface area contributed by atoms with Crippen LogP contribution in [0.3, 0.4) is 0 Å². The Kier molecular flexibility index (Phi) is 3.30. The minimum Gasteiger partial charge on any atom is -0.397 e. The van der Waals surface area contributed by atoms with Crippen molar-refractivity contribution in [2.24, 2.45) is 0 Å². The highest BCUT2D eigenvalue weighted by Crippen LogP contribution is 2.12. The second-order valence-corrected chi connectivity index (χ2v) is 3.39. The fraction of sp³-hybridized carbons (Fsp3) is 0.500. The first-order valence-corrected chi connectivity index (χ1v) is 4.54. The molecule has 14 heavy (non-hydrogen) atoms. The van der Waals surface area contributed by atoms with Gasteiger partial charge in [-0.3, -0.25) is 4.79 Å². The fourth-order valence-electron chi connectivity index (χ4n) is 1.53. The molecule has 0 amide bonds. The highest BCUT2D eigenvalue weighted by molar-refractivity contribution is 5.41. The van der Waals surface area contributed by atoms with Crippen molar-refractivity contribution in [3.05, 3.63) is 28.2 Å². The minimum atomic E-state index is -0.0405. The number of methoxy groups -OCH3 is 1. The van der Waals surface area contributed by atoms with Crippen molar-refractivity contribution in [1.82, 2.24) is 4.57 Å². The molecule has 1 atom stereocenters. The lowest BCUT2D eigenvalue weighted by Crippen LogP contribution is -2.27. The van der Waals surface area contributed by atoms with Crippen molar-refractivity contribution in [2.45, 2.75) is 19.9 Å². The van der Waals surface area contributed by atoms with E-state index in [1.807, 2.05) is 13.8 Å². The Balaban J connectivity index is 3.18. The summed E-state index contributed by atoms with van der Waals surface area (Å²) in [6.07, 6.45) is 0. The smallest absolute Gasteiger partial charge is 0.251 e. The number of nitrogens with two attached hydrogens (primary N) is 1. The van der Waals surface area contributed by atoms with E-state index in [0.717, 1.165) is 5.69 Å². The van der Waals surface area contributed by atoms with E-state index in [1.165, 1.54) is 6.07 Å². The third-order valence-electron chi connectivity index (χ3n) is 2.27. The Bertz CT molecular complexity index is 371. The van der Waals surface area contributed by atoms with E-state index in [4.69, 9.17) is 10.5 Å². The summed E-state index contributed by atoms with van der Waals surface area (Å²) < 4.78 is 6.66. The van der Waals surface area contributed by atoms with Crippen LogP contribution in [0, 0.1) is 6.92 Å². The van der Waals surface area contributed by atoms with Gasteiger partial charge in [0.15, 0.2) is 0 Å². The molecule has 1 aromatic heterocycles. The van der Waals surface area contributed by atoms with Crippen molar-refractivity contribution in [3.63, 3.8) is 0 Å². The molecule has 0 spiro atoms. The van der Waals surface area contributed by atoms with Crippen LogP contribution in [0.25, 0.3) is 0 Å². The van der Waals surface area contributed by atoms with Crippen molar-refractivity contribution in [2.75, 3.05) is 19.5 Å². The van der Waals surface area contributed by atoms with Gasteiger partial charge >= 0.3 is 0 Å². The summed E-state index contributed by atoms with van der Waals surface area (Å²) in [6, 6.07) is 3.12. The maximum Gasteiger partial charge on any atom is 0.251 e. The molecule has 1 heterocycles. The number of nitrogen functional groups attached to an aromatic ring is 1. The zero-order valence-electron chi connectivity index (χ0n) is 8.78. The maximum atomic E-state index is 11.6. The molecule has 0 saturated carbocycles. The monoisotopic (exact) mass is 196 g/mol. The molecular formula is C10H16N2O2. The molecule has 0 bridgehead atoms. The summed E-state index contributed by atoms with van der Waals surface area (Å²) in [6.45, 7) is 4.27. The third kappa shape index (κ3) is 1.96. The number of aromatic nitrogens is 1. The average molecular weight is 196 g/mol. The van der Waals surface area contributed by atoms with Gasteiger partial charge in [0.1, 0.15) is 0 Å². The van der Waals surface area contributed by atoms with Crippen LogP contribution in [0.15, 0.2) is 16.9 Å². The standard InChI is InChI=1S/C10H16N2O2/c1-7(6-14-3)12-8(2)9(11)4-5-10(12)13/h4-5,7H,6,11H2,1-3H3. The van der Waals surface area contributed by atoms with Crippen molar-refractivity contribution in [3.8, 4) is 0 Å². The minimum absolute atomic E-state index is 0.0102. The Hall–Kier alpha value is -1.29. The quantitative estimate of drug-likeness (QED) is 0.783. The van der Waals surface area contributed by atoms with Crippen molar-refractivity contribution < 1.29 is 4.74 Å². The molecule has 4 heteroatoms. The van der Waals surface area contributed by atoms with Gasteiger partial charge < -0.3 is 15.0 Å². The third-order valence-corrected chi connectivity index (χ3v) is 2.27. The molecule has 0 aromatic carbocycles. The molecular weight excluding hydrogens is 180 g/mol. The zero-order chi connectivity index (χ0) is 10.7. The molecule has 0 saturated heterocycles. The van der Waals surface area contributed by atoms with Gasteiger partial charge in [0.2, 0.25) is 0 Å². The Morgan fingerprint density at radius 2 is 2.21 bits per heavy atom. The van der Waals surface area contributed by atoms with Crippen LogP contribution in [0.2, 0.25) is 0 Å². The molecule has 4 nitrogen and oxygen atoms in total. The molecule has 0 aliphatic heterocycles. The molecule has 78 valence electrons. The van der Waals surface area contributed by atoms with Gasteiger partial charge in [-0.15, -0.1) is 0 Å². The number of hydrogen-bond donors (Lipinski definition) is 1. The number of pyridine rings is 1. The SMILES string of the molecule is COCC(C)n1c(C)c(N)ccc1=O. The van der Waals surface area contributed by atoms with Gasteiger partial charge in [0.25, 0.3) is 5.56 Å². The van der Waals surface area contributed by atoms with E-state index >= 15 is 0 Å². The molecule has 0 aliphatic rings. The highest BCUT2D eigenvalue weighted by atomic mass is 16.5. The summed E-state index contributed by atoms with van der Waals surface area (Å²) in [7, 11) is 1.61. The fourth-order valence-corrected chi connectivity index (χ4v) is 1.53. The first-order chi connectivity index (χ1) is 6.57. The highest BCUT2D eigenvalue weighted by Gasteiger charge is 2.10. The first-order valence-electron chi connectivity index (χ1n) is 4.54. The molecule has 1 rings (SSSR count). The van der Waals surface area contributed by atoms with Crippen LogP contribution in [0.4, 0.5) is 5.69 Å². The van der Waals surface area contributed by atoms with E-state index in [1.54, 1.807) is 17.7 Å². The topological polar surface area (TPSA) is 57.2 Å². The van der Waals surface area contributed by atoms with E-state index in [0.29, 0.717) is 12.3 Å². The van der Waals surface area contributed by atoms with Gasteiger partial charge in [0.05, 0.1) is 18.3 Å². The van der Waals surface area contributed by atoms with E-state index in [9.17, 15) is 4.79 Å². The van der Waals surface area contributed by atoms with Crippen LogP contribution >= 0.6 is 0 Å². The van der Waals surface area contributed by atoms with Crippen LogP contribution in [0.1, 0.15) is 18.7 Å². The predicted octanol–water partition coefficient (Wildman–Crippen LogP) is 0.946. The van der Waals surface area contributed by atoms with Crippen LogP contribution in [0.5, 0.6) is 0 Å². The summed E-state index contributed by atoms with van der Waals surface area (Å²) >= 11 is 0. The summed E-state index contributed by atoms with van der Waals surface area (Å²) in [5, 5.41) is 0. The number of rotatable bonds is 3. The lowest BCUT2D eigenvalue weighted by Gasteiger charge is -2.18. The van der Waals surface area contributed by atoms with E-state index in [2.05, 4.69) is 0 Å². The first kappa shape index (κ1) is 10.8. The number of hydrogen-bond acceptors (Lipinski definition) is 3. The van der Waals surface area contributed by atoms with Gasteiger partial charge in [-0.1, -0.05) is 0 Å². The van der Waals surface area contributed by atoms with E-state index < -0.39 is 0 Å². The molecule has 1 aromatic rings. The lowest BCUT2D eigenvalue weighted by molar-refractivity contribution is 0.160. The maximum absolute atomic E-state index is 11.6. The van der Waals surface area contributed by atoms with Gasteiger partial charge in [-0.05, 0) is 19.9 Å². The Labute approximate surface area is 83.3 Å². The molecule has 0 aliphatic carbocycles. The van der Waals surface area contributed by atoms with Crippen LogP contribution < -0.4 is 11.3 Å². The second-order valence-electron chi connectivity index (χ2n) is 3.39. The largest absolute Gasteiger partial charge is 0.397 e. The van der Waals surface area contributed by atoms with Gasteiger partial charge in [-0.25, -0.2) is 0 Å². The van der Waals surface area contributed by atoms with Crippen molar-refractivity contribution in [1.29, 1.82) is 0 Å².